The highest BCUT2D eigenvalue weighted by Crippen LogP contribution is 2.37. The Morgan fingerprint density at radius 2 is 1.88 bits per heavy atom. The normalized spacial score (nSPS) is 12.8. The second kappa shape index (κ2) is 10.2. The van der Waals surface area contributed by atoms with Gasteiger partial charge in [0.05, 0.1) is 11.4 Å². The van der Waals surface area contributed by atoms with Gasteiger partial charge < -0.3 is 10.3 Å². The van der Waals surface area contributed by atoms with Gasteiger partial charge >= 0.3 is 0 Å². The molecule has 0 unspecified atom stereocenters. The first-order valence-corrected chi connectivity index (χ1v) is 12.6. The average molecular weight is 486 g/mol. The minimum atomic E-state index is -3.64. The topological polar surface area (TPSA) is 85.4 Å². The van der Waals surface area contributed by atoms with Crippen molar-refractivity contribution in [2.45, 2.75) is 38.6 Å². The fraction of sp³-hybridized carbons (Fsp3) is 0.346. The average Bonchev–Trinajstić information content (AvgIpc) is 3.04. The van der Waals surface area contributed by atoms with E-state index in [-0.39, 0.29) is 35.5 Å². The van der Waals surface area contributed by atoms with Crippen molar-refractivity contribution in [2.24, 2.45) is 11.7 Å². The molecule has 2 aromatic carbocycles. The Kier molecular flexibility index (Phi) is 7.75. The molecule has 8 heteroatoms. The van der Waals surface area contributed by atoms with Crippen LogP contribution >= 0.6 is 0 Å². The Labute approximate surface area is 200 Å². The van der Waals surface area contributed by atoms with Crippen LogP contribution in [-0.4, -0.2) is 43.7 Å². The summed E-state index contributed by atoms with van der Waals surface area (Å²) in [6.07, 6.45) is 1.75. The van der Waals surface area contributed by atoms with Gasteiger partial charge in [0.25, 0.3) is 0 Å². The van der Waals surface area contributed by atoms with Crippen molar-refractivity contribution in [3.05, 3.63) is 65.6 Å². The van der Waals surface area contributed by atoms with E-state index in [9.17, 15) is 17.6 Å². The molecule has 3 rings (SSSR count). The smallest absolute Gasteiger partial charge is 0.242 e. The number of allylic oxidation sites excluding steroid dienone is 1. The molecule has 34 heavy (non-hydrogen) atoms. The number of sulfonamides is 1. The Balaban J connectivity index is 2.29. The minimum absolute atomic E-state index is 0.00545. The van der Waals surface area contributed by atoms with E-state index in [1.165, 1.54) is 20.2 Å². The maximum absolute atomic E-state index is 14.5. The van der Waals surface area contributed by atoms with Crippen molar-refractivity contribution in [1.29, 1.82) is 0 Å². The van der Waals surface area contributed by atoms with Crippen LogP contribution < -0.4 is 5.73 Å². The number of hydrogen-bond acceptors (Lipinski definition) is 4. The van der Waals surface area contributed by atoms with E-state index >= 15 is 0 Å². The fourth-order valence-electron chi connectivity index (χ4n) is 4.08. The number of aromatic nitrogens is 1. The zero-order valence-corrected chi connectivity index (χ0v) is 21.1. The van der Waals surface area contributed by atoms with Gasteiger partial charge in [-0.3, -0.25) is 4.79 Å². The number of halogens is 1. The van der Waals surface area contributed by atoms with E-state index in [1.54, 1.807) is 24.3 Å². The SMILES string of the molecule is Cc1c(-c2cccc(S(=O)(=O)N(C)C)c2)c2cc(C(=O)CC(C)C)ccc2n1C/C(F)=C/CN. The van der Waals surface area contributed by atoms with Crippen LogP contribution in [0.25, 0.3) is 22.0 Å². The Morgan fingerprint density at radius 1 is 1.18 bits per heavy atom. The third-order valence-corrected chi connectivity index (χ3v) is 7.60. The second-order valence-electron chi connectivity index (χ2n) is 9.00. The Morgan fingerprint density at radius 3 is 2.50 bits per heavy atom. The number of benzene rings is 2. The number of fused-ring (bicyclic) bond motifs is 1. The first kappa shape index (κ1) is 25.8. The number of carbonyl (C=O) groups excluding carboxylic acids is 1. The van der Waals surface area contributed by atoms with Crippen molar-refractivity contribution in [1.82, 2.24) is 8.87 Å². The van der Waals surface area contributed by atoms with Crippen molar-refractivity contribution in [3.8, 4) is 11.1 Å². The number of nitrogens with zero attached hydrogens (tertiary/aromatic N) is 2. The molecule has 182 valence electrons. The molecule has 1 heterocycles. The number of carbonyl (C=O) groups is 1. The third-order valence-electron chi connectivity index (χ3n) is 5.79. The van der Waals surface area contributed by atoms with Crippen LogP contribution in [0.4, 0.5) is 4.39 Å². The summed E-state index contributed by atoms with van der Waals surface area (Å²) in [5.74, 6) is -0.109. The molecule has 0 bridgehead atoms. The number of Topliss-reactive ketones (excluding diaryl/α,β-unsaturated/α-hetero) is 1. The van der Waals surface area contributed by atoms with Crippen LogP contribution in [-0.2, 0) is 16.6 Å². The first-order valence-electron chi connectivity index (χ1n) is 11.2. The minimum Gasteiger partial charge on any atom is -0.337 e. The molecule has 0 saturated heterocycles. The van der Waals surface area contributed by atoms with E-state index in [0.29, 0.717) is 17.5 Å². The molecule has 2 N–H and O–H groups in total. The predicted octanol–water partition coefficient (Wildman–Crippen LogP) is 4.91. The summed E-state index contributed by atoms with van der Waals surface area (Å²) in [7, 11) is -0.670. The van der Waals surface area contributed by atoms with Gasteiger partial charge in [-0.05, 0) is 54.8 Å². The van der Waals surface area contributed by atoms with Crippen molar-refractivity contribution < 1.29 is 17.6 Å². The van der Waals surface area contributed by atoms with Crippen molar-refractivity contribution >= 4 is 26.7 Å². The quantitative estimate of drug-likeness (QED) is 0.437. The standard InChI is InChI=1S/C26H32FN3O3S/c1-17(2)13-25(31)19-9-10-24-23(15-19)26(18(3)30(24)16-21(27)11-12-28)20-7-6-8-22(14-20)34(32,33)29(4)5/h6-11,14-15,17H,12-13,16,28H2,1-5H3/b21-11-. The highest BCUT2D eigenvalue weighted by atomic mass is 32.2. The van der Waals surface area contributed by atoms with Gasteiger partial charge in [-0.1, -0.05) is 26.0 Å². The highest BCUT2D eigenvalue weighted by Gasteiger charge is 2.22. The molecule has 0 radical (unpaired) electrons. The third kappa shape index (κ3) is 5.14. The molecule has 0 aliphatic heterocycles. The molecule has 0 amide bonds. The molecule has 0 saturated carbocycles. The van der Waals surface area contributed by atoms with E-state index in [0.717, 1.165) is 26.5 Å². The van der Waals surface area contributed by atoms with Crippen LogP contribution in [0.3, 0.4) is 0 Å². The molecular weight excluding hydrogens is 453 g/mol. The fourth-order valence-corrected chi connectivity index (χ4v) is 5.03. The number of rotatable bonds is 9. The van der Waals surface area contributed by atoms with Gasteiger partial charge in [-0.2, -0.15) is 0 Å². The summed E-state index contributed by atoms with van der Waals surface area (Å²) in [4.78, 5) is 13.0. The van der Waals surface area contributed by atoms with Gasteiger partial charge in [0.2, 0.25) is 10.0 Å². The van der Waals surface area contributed by atoms with E-state index in [1.807, 2.05) is 43.5 Å². The molecule has 0 fully saturated rings. The second-order valence-corrected chi connectivity index (χ2v) is 11.2. The number of ketones is 1. The summed E-state index contributed by atoms with van der Waals surface area (Å²) < 4.78 is 43.0. The van der Waals surface area contributed by atoms with Crippen molar-refractivity contribution in [3.63, 3.8) is 0 Å². The lowest BCUT2D eigenvalue weighted by atomic mass is 9.97. The van der Waals surface area contributed by atoms with E-state index in [2.05, 4.69) is 0 Å². The molecule has 3 aromatic rings. The summed E-state index contributed by atoms with van der Waals surface area (Å²) >= 11 is 0. The van der Waals surface area contributed by atoms with Crippen LogP contribution in [0.15, 0.2) is 59.3 Å². The number of nitrogens with two attached hydrogens (primary N) is 1. The van der Waals surface area contributed by atoms with Gasteiger partial charge in [-0.25, -0.2) is 17.1 Å². The van der Waals surface area contributed by atoms with Crippen LogP contribution in [0.1, 0.15) is 36.3 Å². The molecule has 0 aliphatic carbocycles. The molecule has 0 aliphatic rings. The summed E-state index contributed by atoms with van der Waals surface area (Å²) in [5, 5.41) is 0.770. The van der Waals surface area contributed by atoms with Gasteiger partial charge in [0, 0.05) is 54.8 Å². The van der Waals surface area contributed by atoms with Crippen molar-refractivity contribution in [2.75, 3.05) is 20.6 Å². The van der Waals surface area contributed by atoms with Gasteiger partial charge in [0.15, 0.2) is 5.78 Å². The lowest BCUT2D eigenvalue weighted by molar-refractivity contribution is 0.0968. The number of hydrogen-bond donors (Lipinski definition) is 1. The zero-order chi connectivity index (χ0) is 25.2. The van der Waals surface area contributed by atoms with E-state index in [4.69, 9.17) is 5.73 Å². The van der Waals surface area contributed by atoms with Gasteiger partial charge in [-0.15, -0.1) is 0 Å². The monoisotopic (exact) mass is 485 g/mol. The maximum Gasteiger partial charge on any atom is 0.242 e. The molecule has 0 spiro atoms. The summed E-state index contributed by atoms with van der Waals surface area (Å²) in [5.41, 5.74) is 9.04. The molecular formula is C26H32FN3O3S. The first-order chi connectivity index (χ1) is 16.0. The van der Waals surface area contributed by atoms with Gasteiger partial charge in [0.1, 0.15) is 5.83 Å². The molecule has 6 nitrogen and oxygen atoms in total. The highest BCUT2D eigenvalue weighted by molar-refractivity contribution is 7.89. The lowest BCUT2D eigenvalue weighted by Gasteiger charge is -2.13. The maximum atomic E-state index is 14.5. The van der Waals surface area contributed by atoms with Crippen LogP contribution in [0.5, 0.6) is 0 Å². The summed E-state index contributed by atoms with van der Waals surface area (Å²) in [6.45, 7) is 5.94. The van der Waals surface area contributed by atoms with Crippen LogP contribution in [0, 0.1) is 12.8 Å². The largest absolute Gasteiger partial charge is 0.337 e. The molecule has 1 aromatic heterocycles. The Hall–Kier alpha value is -2.81. The zero-order valence-electron chi connectivity index (χ0n) is 20.3. The van der Waals surface area contributed by atoms with Crippen LogP contribution in [0.2, 0.25) is 0 Å². The lowest BCUT2D eigenvalue weighted by Crippen LogP contribution is -2.22. The summed E-state index contributed by atoms with van der Waals surface area (Å²) in [6, 6.07) is 12.1. The van der Waals surface area contributed by atoms with E-state index < -0.39 is 10.0 Å². The predicted molar refractivity (Wildman–Crippen MR) is 135 cm³/mol. The molecule has 0 atom stereocenters. The Bertz CT molecular complexity index is 1360.